The third-order valence-corrected chi connectivity index (χ3v) is 7.06. The van der Waals surface area contributed by atoms with Crippen molar-refractivity contribution >= 4 is 13.1 Å². The molecule has 6 nitrogen and oxygen atoms in total. The highest BCUT2D eigenvalue weighted by Crippen LogP contribution is 2.45. The van der Waals surface area contributed by atoms with E-state index in [4.69, 9.17) is 18.8 Å². The van der Waals surface area contributed by atoms with E-state index in [-0.39, 0.29) is 18.1 Å². The Labute approximate surface area is 191 Å². The monoisotopic (exact) mass is 442 g/mol. The molecule has 1 aliphatic heterocycles. The summed E-state index contributed by atoms with van der Waals surface area (Å²) in [6.07, 6.45) is 1.96. The smallest absolute Gasteiger partial charge is 0.498 e. The Kier molecular flexibility index (Phi) is 6.31. The summed E-state index contributed by atoms with van der Waals surface area (Å²) in [4.78, 5) is 12.2. The van der Waals surface area contributed by atoms with Crippen molar-refractivity contribution in [3.8, 4) is 5.75 Å². The van der Waals surface area contributed by atoms with Crippen molar-refractivity contribution in [1.82, 2.24) is 0 Å². The summed E-state index contributed by atoms with van der Waals surface area (Å²) >= 11 is 0. The minimum Gasteiger partial charge on any atom is -0.508 e. The molecule has 0 spiro atoms. The molecule has 1 saturated heterocycles. The van der Waals surface area contributed by atoms with Gasteiger partial charge < -0.3 is 23.9 Å². The van der Waals surface area contributed by atoms with E-state index in [9.17, 15) is 9.90 Å². The number of esters is 1. The largest absolute Gasteiger partial charge is 0.508 e. The molecular weight excluding hydrogens is 407 g/mol. The standard InChI is InChI=1S/C25H35BO6/c1-10-29-20(27)14-18-12-11-15(2)17(4)21(18)30-25(9)16(3)13-19(22(25)28)26-31-23(5,6)24(7,8)32-26/h11-13,28H,10,14H2,1-9H3. The molecule has 1 unspecified atom stereocenters. The van der Waals surface area contributed by atoms with E-state index in [1.165, 1.54) is 0 Å². The lowest BCUT2D eigenvalue weighted by Crippen LogP contribution is -2.41. The number of benzene rings is 1. The Morgan fingerprint density at radius 1 is 1.06 bits per heavy atom. The van der Waals surface area contributed by atoms with E-state index < -0.39 is 23.9 Å². The minimum absolute atomic E-state index is 0.0523. The molecule has 1 atom stereocenters. The number of carbonyl (C=O) groups is 1. The minimum atomic E-state index is -1.11. The fourth-order valence-electron chi connectivity index (χ4n) is 3.88. The molecule has 1 aliphatic carbocycles. The summed E-state index contributed by atoms with van der Waals surface area (Å²) in [7, 11) is -0.696. The molecule has 0 radical (unpaired) electrons. The first-order valence-electron chi connectivity index (χ1n) is 11.1. The van der Waals surface area contributed by atoms with Gasteiger partial charge in [0.15, 0.2) is 5.60 Å². The van der Waals surface area contributed by atoms with Crippen LogP contribution in [0, 0.1) is 13.8 Å². The molecule has 1 aromatic rings. The summed E-state index contributed by atoms with van der Waals surface area (Å²) in [5.41, 5.74) is 1.89. The maximum Gasteiger partial charge on any atom is 0.498 e. The Morgan fingerprint density at radius 2 is 1.66 bits per heavy atom. The van der Waals surface area contributed by atoms with Crippen LogP contribution in [0.4, 0.5) is 0 Å². The van der Waals surface area contributed by atoms with Crippen LogP contribution in [0.25, 0.3) is 0 Å². The first-order chi connectivity index (χ1) is 14.7. The molecule has 7 heteroatoms. The van der Waals surface area contributed by atoms with Gasteiger partial charge in [-0.1, -0.05) is 18.2 Å². The number of aliphatic hydroxyl groups is 1. The van der Waals surface area contributed by atoms with Crippen LogP contribution in [0.5, 0.6) is 5.75 Å². The van der Waals surface area contributed by atoms with Gasteiger partial charge >= 0.3 is 13.1 Å². The second-order valence-electron chi connectivity index (χ2n) is 9.83. The summed E-state index contributed by atoms with van der Waals surface area (Å²) in [6, 6.07) is 3.84. The van der Waals surface area contributed by atoms with Gasteiger partial charge in [0.2, 0.25) is 0 Å². The van der Waals surface area contributed by atoms with Crippen LogP contribution in [0.2, 0.25) is 0 Å². The number of allylic oxidation sites excluding steroid dienone is 2. The molecule has 1 fully saturated rings. The zero-order valence-electron chi connectivity index (χ0n) is 20.7. The fourth-order valence-corrected chi connectivity index (χ4v) is 3.88. The van der Waals surface area contributed by atoms with Crippen LogP contribution in [0.15, 0.2) is 35.0 Å². The highest BCUT2D eigenvalue weighted by molar-refractivity contribution is 6.56. The number of aliphatic hydroxyl groups excluding tert-OH is 1. The molecular formula is C25H35BO6. The normalized spacial score (nSPS) is 24.0. The molecule has 1 N–H and O–H groups in total. The zero-order valence-corrected chi connectivity index (χ0v) is 20.7. The summed E-state index contributed by atoms with van der Waals surface area (Å²) in [5.74, 6) is 0.314. The summed E-state index contributed by atoms with van der Waals surface area (Å²) in [5, 5.41) is 11.3. The first-order valence-corrected chi connectivity index (χ1v) is 11.1. The fraction of sp³-hybridized carbons (Fsp3) is 0.560. The van der Waals surface area contributed by atoms with E-state index in [1.54, 1.807) is 6.92 Å². The van der Waals surface area contributed by atoms with Gasteiger partial charge in [0.05, 0.1) is 24.2 Å². The van der Waals surface area contributed by atoms with Gasteiger partial charge in [0.1, 0.15) is 11.5 Å². The Balaban J connectivity index is 1.98. The zero-order chi connectivity index (χ0) is 24.1. The van der Waals surface area contributed by atoms with Crippen LogP contribution < -0.4 is 4.74 Å². The van der Waals surface area contributed by atoms with Crippen LogP contribution in [-0.2, 0) is 25.3 Å². The van der Waals surface area contributed by atoms with Crippen LogP contribution in [0.1, 0.15) is 65.2 Å². The van der Waals surface area contributed by atoms with Crippen molar-refractivity contribution in [3.63, 3.8) is 0 Å². The van der Waals surface area contributed by atoms with E-state index in [0.717, 1.165) is 22.3 Å². The molecule has 1 heterocycles. The lowest BCUT2D eigenvalue weighted by Gasteiger charge is -2.32. The van der Waals surface area contributed by atoms with E-state index in [2.05, 4.69) is 0 Å². The third-order valence-electron chi connectivity index (χ3n) is 7.06. The van der Waals surface area contributed by atoms with E-state index in [0.29, 0.717) is 17.8 Å². The second-order valence-corrected chi connectivity index (χ2v) is 9.83. The molecule has 3 rings (SSSR count). The van der Waals surface area contributed by atoms with Crippen LogP contribution >= 0.6 is 0 Å². The van der Waals surface area contributed by atoms with Crippen molar-refractivity contribution in [3.05, 3.63) is 51.7 Å². The van der Waals surface area contributed by atoms with Gasteiger partial charge in [-0.05, 0) is 79.0 Å². The number of ether oxygens (including phenoxy) is 2. The SMILES string of the molecule is CCOC(=O)Cc1ccc(C)c(C)c1OC1(C)C(C)=CC(B2OC(C)(C)C(C)(C)O2)=C1O. The maximum absolute atomic E-state index is 12.2. The molecule has 174 valence electrons. The predicted molar refractivity (Wildman–Crippen MR) is 125 cm³/mol. The Bertz CT molecular complexity index is 974. The van der Waals surface area contributed by atoms with Crippen molar-refractivity contribution in [2.45, 2.75) is 85.5 Å². The van der Waals surface area contributed by atoms with Crippen molar-refractivity contribution in [1.29, 1.82) is 0 Å². The average Bonchev–Trinajstić information content (AvgIpc) is 3.04. The number of hydrogen-bond acceptors (Lipinski definition) is 6. The average molecular weight is 442 g/mol. The molecule has 2 aliphatic rings. The molecule has 0 saturated carbocycles. The number of carbonyl (C=O) groups excluding carboxylic acids is 1. The number of rotatable bonds is 6. The van der Waals surface area contributed by atoms with Gasteiger partial charge in [-0.25, -0.2) is 0 Å². The van der Waals surface area contributed by atoms with Gasteiger partial charge in [0, 0.05) is 11.0 Å². The number of hydrogen-bond donors (Lipinski definition) is 1. The van der Waals surface area contributed by atoms with Gasteiger partial charge in [-0.15, -0.1) is 0 Å². The van der Waals surface area contributed by atoms with Gasteiger partial charge in [0.25, 0.3) is 0 Å². The van der Waals surface area contributed by atoms with Gasteiger partial charge in [-0.3, -0.25) is 4.79 Å². The van der Waals surface area contributed by atoms with Crippen molar-refractivity contribution in [2.24, 2.45) is 0 Å². The molecule has 0 aromatic heterocycles. The molecule has 0 amide bonds. The molecule has 32 heavy (non-hydrogen) atoms. The lowest BCUT2D eigenvalue weighted by atomic mass is 9.78. The number of aryl methyl sites for hydroxylation is 1. The highest BCUT2D eigenvalue weighted by atomic mass is 16.7. The Hall–Kier alpha value is -2.25. The van der Waals surface area contributed by atoms with E-state index in [1.807, 2.05) is 73.6 Å². The van der Waals surface area contributed by atoms with Crippen LogP contribution in [0.3, 0.4) is 0 Å². The summed E-state index contributed by atoms with van der Waals surface area (Å²) in [6.45, 7) is 17.7. The highest BCUT2D eigenvalue weighted by Gasteiger charge is 2.55. The van der Waals surface area contributed by atoms with Crippen LogP contribution in [-0.4, -0.2) is 41.6 Å². The topological polar surface area (TPSA) is 74.2 Å². The van der Waals surface area contributed by atoms with Crippen molar-refractivity contribution < 1.29 is 28.7 Å². The second kappa shape index (κ2) is 8.27. The lowest BCUT2D eigenvalue weighted by molar-refractivity contribution is -0.142. The predicted octanol–water partition coefficient (Wildman–Crippen LogP) is 4.95. The van der Waals surface area contributed by atoms with Gasteiger partial charge in [-0.2, -0.15) is 0 Å². The Morgan fingerprint density at radius 3 is 2.22 bits per heavy atom. The molecule has 1 aromatic carbocycles. The first kappa shape index (κ1) is 24.4. The van der Waals surface area contributed by atoms with E-state index >= 15 is 0 Å². The molecule has 0 bridgehead atoms. The quantitative estimate of drug-likeness (QED) is 0.497. The third kappa shape index (κ3) is 4.08. The van der Waals surface area contributed by atoms with Crippen molar-refractivity contribution in [2.75, 3.05) is 6.61 Å². The maximum atomic E-state index is 12.2. The summed E-state index contributed by atoms with van der Waals surface area (Å²) < 4.78 is 24.0.